The van der Waals surface area contributed by atoms with Crippen LogP contribution in [0.4, 0.5) is 0 Å². The lowest BCUT2D eigenvalue weighted by Gasteiger charge is -2.12. The molecule has 0 aliphatic heterocycles. The van der Waals surface area contributed by atoms with Gasteiger partial charge < -0.3 is 15.6 Å². The SMILES string of the molecule is CCOC(=O)C(N)Cc1cc(Br)c(Cl)cc1O. The Labute approximate surface area is 113 Å². The molecule has 0 aromatic heterocycles. The number of aromatic hydroxyl groups is 1. The van der Waals surface area contributed by atoms with Crippen LogP contribution in [-0.2, 0) is 16.0 Å². The maximum Gasteiger partial charge on any atom is 0.323 e. The number of phenols is 1. The largest absolute Gasteiger partial charge is 0.508 e. The van der Waals surface area contributed by atoms with Gasteiger partial charge in [-0.25, -0.2) is 0 Å². The number of halogens is 2. The Hall–Kier alpha value is -0.780. The number of benzene rings is 1. The number of carbonyl (C=O) groups excluding carboxylic acids is 1. The number of carbonyl (C=O) groups is 1. The second kappa shape index (κ2) is 6.23. The third-order valence-electron chi connectivity index (χ3n) is 2.15. The van der Waals surface area contributed by atoms with E-state index in [0.29, 0.717) is 15.1 Å². The van der Waals surface area contributed by atoms with Gasteiger partial charge in [0.1, 0.15) is 11.8 Å². The molecule has 6 heteroatoms. The van der Waals surface area contributed by atoms with Crippen LogP contribution in [-0.4, -0.2) is 23.7 Å². The molecule has 0 bridgehead atoms. The van der Waals surface area contributed by atoms with E-state index in [1.54, 1.807) is 13.0 Å². The second-order valence-corrected chi connectivity index (χ2v) is 4.72. The van der Waals surface area contributed by atoms with Crippen molar-refractivity contribution in [3.05, 3.63) is 27.2 Å². The van der Waals surface area contributed by atoms with E-state index in [9.17, 15) is 9.90 Å². The van der Waals surface area contributed by atoms with Crippen LogP contribution in [0.1, 0.15) is 12.5 Å². The van der Waals surface area contributed by atoms with Crippen LogP contribution in [0.25, 0.3) is 0 Å². The van der Waals surface area contributed by atoms with Crippen molar-refractivity contribution in [2.24, 2.45) is 5.73 Å². The number of hydrogen-bond acceptors (Lipinski definition) is 4. The van der Waals surface area contributed by atoms with Crippen LogP contribution in [0.15, 0.2) is 16.6 Å². The highest BCUT2D eigenvalue weighted by Crippen LogP contribution is 2.30. The zero-order valence-corrected chi connectivity index (χ0v) is 11.6. The number of hydrogen-bond donors (Lipinski definition) is 2. The van der Waals surface area contributed by atoms with E-state index in [4.69, 9.17) is 22.1 Å². The first-order valence-corrected chi connectivity index (χ1v) is 6.22. The Morgan fingerprint density at radius 1 is 1.65 bits per heavy atom. The van der Waals surface area contributed by atoms with E-state index in [1.165, 1.54) is 6.07 Å². The fourth-order valence-electron chi connectivity index (χ4n) is 1.31. The van der Waals surface area contributed by atoms with E-state index in [1.807, 2.05) is 0 Å². The topological polar surface area (TPSA) is 72.5 Å². The molecule has 0 aliphatic carbocycles. The standard InChI is InChI=1S/C11H13BrClNO3/c1-2-17-11(16)9(14)4-6-3-7(12)8(13)5-10(6)15/h3,5,9,15H,2,4,14H2,1H3. The summed E-state index contributed by atoms with van der Waals surface area (Å²) in [7, 11) is 0. The van der Waals surface area contributed by atoms with Crippen LogP contribution < -0.4 is 5.73 Å². The molecule has 1 unspecified atom stereocenters. The molecule has 1 atom stereocenters. The summed E-state index contributed by atoms with van der Waals surface area (Å²) < 4.78 is 5.43. The summed E-state index contributed by atoms with van der Waals surface area (Å²) in [5, 5.41) is 10.1. The Morgan fingerprint density at radius 3 is 2.88 bits per heavy atom. The molecule has 0 saturated carbocycles. The summed E-state index contributed by atoms with van der Waals surface area (Å²) in [6, 6.07) is 2.24. The van der Waals surface area contributed by atoms with Crippen molar-refractivity contribution in [2.75, 3.05) is 6.61 Å². The van der Waals surface area contributed by atoms with E-state index < -0.39 is 12.0 Å². The zero-order valence-electron chi connectivity index (χ0n) is 9.24. The minimum atomic E-state index is -0.797. The molecule has 0 fully saturated rings. The van der Waals surface area contributed by atoms with Gasteiger partial charge in [-0.1, -0.05) is 11.6 Å². The van der Waals surface area contributed by atoms with Gasteiger partial charge in [-0.3, -0.25) is 4.79 Å². The van der Waals surface area contributed by atoms with Crippen LogP contribution in [0.5, 0.6) is 5.75 Å². The first kappa shape index (κ1) is 14.3. The van der Waals surface area contributed by atoms with E-state index in [2.05, 4.69) is 15.9 Å². The van der Waals surface area contributed by atoms with Gasteiger partial charge >= 0.3 is 5.97 Å². The fourth-order valence-corrected chi connectivity index (χ4v) is 1.86. The van der Waals surface area contributed by atoms with Crippen molar-refractivity contribution in [1.29, 1.82) is 0 Å². The Balaban J connectivity index is 2.81. The average Bonchev–Trinajstić information content (AvgIpc) is 2.26. The van der Waals surface area contributed by atoms with Gasteiger partial charge in [0.15, 0.2) is 0 Å². The maximum absolute atomic E-state index is 11.3. The summed E-state index contributed by atoms with van der Waals surface area (Å²) in [5.74, 6) is -0.476. The molecular weight excluding hydrogens is 309 g/mol. The van der Waals surface area contributed by atoms with Gasteiger partial charge in [0, 0.05) is 10.9 Å². The third kappa shape index (κ3) is 3.87. The van der Waals surface area contributed by atoms with Gasteiger partial charge in [-0.15, -0.1) is 0 Å². The van der Waals surface area contributed by atoms with Gasteiger partial charge in [0.25, 0.3) is 0 Å². The molecule has 0 amide bonds. The molecular formula is C11H13BrClNO3. The summed E-state index contributed by atoms with van der Waals surface area (Å²) >= 11 is 9.04. The van der Waals surface area contributed by atoms with Crippen LogP contribution in [0, 0.1) is 0 Å². The maximum atomic E-state index is 11.3. The molecule has 0 saturated heterocycles. The highest BCUT2D eigenvalue weighted by molar-refractivity contribution is 9.10. The van der Waals surface area contributed by atoms with Crippen molar-refractivity contribution in [3.8, 4) is 5.75 Å². The Kier molecular flexibility index (Phi) is 5.24. The molecule has 94 valence electrons. The van der Waals surface area contributed by atoms with Crippen molar-refractivity contribution in [2.45, 2.75) is 19.4 Å². The predicted octanol–water partition coefficient (Wildman–Crippen LogP) is 2.24. The van der Waals surface area contributed by atoms with Crippen molar-refractivity contribution in [3.63, 3.8) is 0 Å². The molecule has 1 aromatic carbocycles. The Bertz CT molecular complexity index is 425. The number of ether oxygens (including phenoxy) is 1. The summed E-state index contributed by atoms with van der Waals surface area (Å²) in [4.78, 5) is 11.3. The van der Waals surface area contributed by atoms with E-state index in [0.717, 1.165) is 0 Å². The minimum Gasteiger partial charge on any atom is -0.508 e. The lowest BCUT2D eigenvalue weighted by Crippen LogP contribution is -2.34. The lowest BCUT2D eigenvalue weighted by molar-refractivity contribution is -0.144. The van der Waals surface area contributed by atoms with Crippen LogP contribution >= 0.6 is 27.5 Å². The highest BCUT2D eigenvalue weighted by atomic mass is 79.9. The molecule has 4 nitrogen and oxygen atoms in total. The number of nitrogens with two attached hydrogens (primary N) is 1. The van der Waals surface area contributed by atoms with Crippen molar-refractivity contribution >= 4 is 33.5 Å². The summed E-state index contributed by atoms with van der Waals surface area (Å²) in [6.45, 7) is 1.99. The minimum absolute atomic E-state index is 0.0120. The molecule has 0 radical (unpaired) electrons. The Morgan fingerprint density at radius 2 is 2.29 bits per heavy atom. The smallest absolute Gasteiger partial charge is 0.323 e. The third-order valence-corrected chi connectivity index (χ3v) is 3.35. The first-order valence-electron chi connectivity index (χ1n) is 5.04. The second-order valence-electron chi connectivity index (χ2n) is 3.46. The number of rotatable bonds is 4. The summed E-state index contributed by atoms with van der Waals surface area (Å²) in [6.07, 6.45) is 0.195. The number of esters is 1. The molecule has 0 spiro atoms. The molecule has 1 aromatic rings. The molecule has 3 N–H and O–H groups in total. The number of phenolic OH excluding ortho intramolecular Hbond substituents is 1. The van der Waals surface area contributed by atoms with Gasteiger partial charge in [0.05, 0.1) is 11.6 Å². The van der Waals surface area contributed by atoms with Crippen LogP contribution in [0.3, 0.4) is 0 Å². The molecule has 1 rings (SSSR count). The summed E-state index contributed by atoms with van der Waals surface area (Å²) in [5.41, 5.74) is 6.20. The zero-order chi connectivity index (χ0) is 13.0. The van der Waals surface area contributed by atoms with E-state index in [-0.39, 0.29) is 18.8 Å². The quantitative estimate of drug-likeness (QED) is 0.834. The highest BCUT2D eigenvalue weighted by Gasteiger charge is 2.17. The monoisotopic (exact) mass is 321 g/mol. The molecule has 17 heavy (non-hydrogen) atoms. The first-order chi connectivity index (χ1) is 7.95. The van der Waals surface area contributed by atoms with Gasteiger partial charge in [0.2, 0.25) is 0 Å². The molecule has 0 heterocycles. The van der Waals surface area contributed by atoms with Gasteiger partial charge in [-0.05, 0) is 40.5 Å². The predicted molar refractivity (Wildman–Crippen MR) is 69.1 cm³/mol. The van der Waals surface area contributed by atoms with Crippen LogP contribution in [0.2, 0.25) is 5.02 Å². The lowest BCUT2D eigenvalue weighted by atomic mass is 10.1. The van der Waals surface area contributed by atoms with Crippen molar-refractivity contribution in [1.82, 2.24) is 0 Å². The average molecular weight is 323 g/mol. The van der Waals surface area contributed by atoms with E-state index >= 15 is 0 Å². The van der Waals surface area contributed by atoms with Gasteiger partial charge in [-0.2, -0.15) is 0 Å². The normalized spacial score (nSPS) is 12.2. The fraction of sp³-hybridized carbons (Fsp3) is 0.364. The van der Waals surface area contributed by atoms with Crippen molar-refractivity contribution < 1.29 is 14.6 Å². The molecule has 0 aliphatic rings.